The van der Waals surface area contributed by atoms with Gasteiger partial charge >= 0.3 is 0 Å². The van der Waals surface area contributed by atoms with E-state index in [0.29, 0.717) is 19.0 Å². The highest BCUT2D eigenvalue weighted by Crippen LogP contribution is 2.24. The fourth-order valence-electron chi connectivity index (χ4n) is 4.82. The lowest BCUT2D eigenvalue weighted by atomic mass is 9.92. The summed E-state index contributed by atoms with van der Waals surface area (Å²) in [6, 6.07) is 20.6. The molecule has 2 aliphatic rings. The van der Waals surface area contributed by atoms with E-state index in [-0.39, 0.29) is 17.7 Å². The van der Waals surface area contributed by atoms with E-state index in [0.717, 1.165) is 63.0 Å². The molecule has 2 heterocycles. The van der Waals surface area contributed by atoms with Gasteiger partial charge < -0.3 is 15.1 Å². The zero-order valence-electron chi connectivity index (χ0n) is 18.2. The summed E-state index contributed by atoms with van der Waals surface area (Å²) in [4.78, 5) is 29.7. The minimum atomic E-state index is 0.118. The summed E-state index contributed by atoms with van der Waals surface area (Å²) in [5.41, 5.74) is 2.23. The van der Waals surface area contributed by atoms with Crippen molar-refractivity contribution in [3.8, 4) is 0 Å². The van der Waals surface area contributed by atoms with Crippen LogP contribution in [0.3, 0.4) is 0 Å². The van der Waals surface area contributed by atoms with Crippen LogP contribution < -0.4 is 5.32 Å². The number of piperidine rings is 2. The van der Waals surface area contributed by atoms with Crippen molar-refractivity contribution >= 4 is 11.8 Å². The van der Waals surface area contributed by atoms with E-state index in [4.69, 9.17) is 0 Å². The summed E-state index contributed by atoms with van der Waals surface area (Å²) in [7, 11) is 0. The molecular weight excluding hydrogens is 386 g/mol. The van der Waals surface area contributed by atoms with Gasteiger partial charge in [-0.25, -0.2) is 0 Å². The zero-order valence-corrected chi connectivity index (χ0v) is 18.2. The third kappa shape index (κ3) is 5.95. The van der Waals surface area contributed by atoms with Gasteiger partial charge in [0.25, 0.3) is 0 Å². The van der Waals surface area contributed by atoms with Gasteiger partial charge in [0.15, 0.2) is 0 Å². The number of amides is 2. The normalized spacial score (nSPS) is 18.6. The number of hydrogen-bond acceptors (Lipinski definition) is 3. The highest BCUT2D eigenvalue weighted by Gasteiger charge is 2.31. The molecule has 2 aliphatic heterocycles. The molecule has 0 aromatic heterocycles. The maximum Gasteiger partial charge on any atom is 0.226 e. The van der Waals surface area contributed by atoms with Crippen molar-refractivity contribution in [2.75, 3.05) is 26.2 Å². The van der Waals surface area contributed by atoms with Crippen LogP contribution in [0, 0.1) is 5.92 Å². The Balaban J connectivity index is 1.17. The molecular formula is C26H33N3O2. The van der Waals surface area contributed by atoms with Gasteiger partial charge in [0.1, 0.15) is 0 Å². The SMILES string of the molecule is O=C(NCc1ccccc1)C1CCN(C2CCN(C(=O)Cc3ccccc3)CC2)CC1. The Morgan fingerprint density at radius 2 is 1.35 bits per heavy atom. The number of carbonyl (C=O) groups excluding carboxylic acids is 2. The molecule has 2 fully saturated rings. The Morgan fingerprint density at radius 1 is 0.774 bits per heavy atom. The molecule has 0 spiro atoms. The van der Waals surface area contributed by atoms with Gasteiger partial charge in [-0.05, 0) is 49.9 Å². The average molecular weight is 420 g/mol. The fraction of sp³-hybridized carbons (Fsp3) is 0.462. The standard InChI is InChI=1S/C26H33N3O2/c30-25(19-21-7-3-1-4-8-21)29-17-13-24(14-18-29)28-15-11-23(12-16-28)26(31)27-20-22-9-5-2-6-10-22/h1-10,23-24H,11-20H2,(H,27,31). The van der Waals surface area contributed by atoms with Crippen LogP contribution in [0.4, 0.5) is 0 Å². The first-order valence-electron chi connectivity index (χ1n) is 11.6. The van der Waals surface area contributed by atoms with Crippen molar-refractivity contribution in [2.45, 2.75) is 44.7 Å². The number of hydrogen-bond donors (Lipinski definition) is 1. The van der Waals surface area contributed by atoms with Gasteiger partial charge in [-0.15, -0.1) is 0 Å². The number of likely N-dealkylation sites (tertiary alicyclic amines) is 2. The molecule has 2 saturated heterocycles. The third-order valence-electron chi connectivity index (χ3n) is 6.74. The van der Waals surface area contributed by atoms with E-state index in [1.807, 2.05) is 65.6 Å². The first-order valence-corrected chi connectivity index (χ1v) is 11.6. The Hall–Kier alpha value is -2.66. The van der Waals surface area contributed by atoms with Crippen molar-refractivity contribution in [2.24, 2.45) is 5.92 Å². The molecule has 2 amide bonds. The number of nitrogens with zero attached hydrogens (tertiary/aromatic N) is 2. The van der Waals surface area contributed by atoms with E-state index in [2.05, 4.69) is 10.2 Å². The summed E-state index contributed by atoms with van der Waals surface area (Å²) in [5.74, 6) is 0.538. The van der Waals surface area contributed by atoms with Gasteiger partial charge in [0.2, 0.25) is 11.8 Å². The first kappa shape index (κ1) is 21.6. The van der Waals surface area contributed by atoms with Crippen molar-refractivity contribution in [3.05, 3.63) is 71.8 Å². The van der Waals surface area contributed by atoms with Crippen molar-refractivity contribution in [1.29, 1.82) is 0 Å². The molecule has 5 heteroatoms. The third-order valence-corrected chi connectivity index (χ3v) is 6.74. The maximum absolute atomic E-state index is 12.6. The molecule has 164 valence electrons. The molecule has 0 radical (unpaired) electrons. The molecule has 0 atom stereocenters. The number of nitrogens with one attached hydrogen (secondary N) is 1. The molecule has 0 aliphatic carbocycles. The van der Waals surface area contributed by atoms with Crippen LogP contribution in [-0.2, 0) is 22.6 Å². The van der Waals surface area contributed by atoms with Crippen LogP contribution >= 0.6 is 0 Å². The summed E-state index contributed by atoms with van der Waals surface area (Å²) in [5, 5.41) is 3.10. The van der Waals surface area contributed by atoms with Crippen LogP contribution in [0.15, 0.2) is 60.7 Å². The lowest BCUT2D eigenvalue weighted by Gasteiger charge is -2.41. The average Bonchev–Trinajstić information content (AvgIpc) is 2.84. The Morgan fingerprint density at radius 3 is 1.97 bits per heavy atom. The molecule has 31 heavy (non-hydrogen) atoms. The number of rotatable bonds is 6. The number of benzene rings is 2. The first-order chi connectivity index (χ1) is 15.2. The molecule has 5 nitrogen and oxygen atoms in total. The molecule has 4 rings (SSSR count). The topological polar surface area (TPSA) is 52.7 Å². The van der Waals surface area contributed by atoms with E-state index >= 15 is 0 Å². The molecule has 1 N–H and O–H groups in total. The molecule has 0 unspecified atom stereocenters. The summed E-state index contributed by atoms with van der Waals surface area (Å²) >= 11 is 0. The largest absolute Gasteiger partial charge is 0.352 e. The van der Waals surface area contributed by atoms with E-state index in [9.17, 15) is 9.59 Å². The van der Waals surface area contributed by atoms with Crippen molar-refractivity contribution in [1.82, 2.24) is 15.1 Å². The fourth-order valence-corrected chi connectivity index (χ4v) is 4.82. The Bertz CT molecular complexity index is 839. The van der Waals surface area contributed by atoms with Crippen LogP contribution in [0.1, 0.15) is 36.8 Å². The summed E-state index contributed by atoms with van der Waals surface area (Å²) < 4.78 is 0. The summed E-state index contributed by atoms with van der Waals surface area (Å²) in [6.07, 6.45) is 4.41. The Kier molecular flexibility index (Phi) is 7.36. The quantitative estimate of drug-likeness (QED) is 0.782. The second-order valence-corrected chi connectivity index (χ2v) is 8.79. The van der Waals surface area contributed by atoms with E-state index in [1.54, 1.807) is 0 Å². The molecule has 2 aromatic rings. The molecule has 0 bridgehead atoms. The molecule has 0 saturated carbocycles. The predicted molar refractivity (Wildman–Crippen MR) is 122 cm³/mol. The lowest BCUT2D eigenvalue weighted by molar-refractivity contribution is -0.132. The smallest absolute Gasteiger partial charge is 0.226 e. The highest BCUT2D eigenvalue weighted by molar-refractivity contribution is 5.79. The number of carbonyl (C=O) groups is 2. The predicted octanol–water partition coefficient (Wildman–Crippen LogP) is 3.25. The van der Waals surface area contributed by atoms with Gasteiger partial charge in [-0.2, -0.15) is 0 Å². The van der Waals surface area contributed by atoms with E-state index < -0.39 is 0 Å². The van der Waals surface area contributed by atoms with Gasteiger partial charge in [0, 0.05) is 31.6 Å². The second-order valence-electron chi connectivity index (χ2n) is 8.79. The van der Waals surface area contributed by atoms with Crippen molar-refractivity contribution < 1.29 is 9.59 Å². The van der Waals surface area contributed by atoms with Gasteiger partial charge in [-0.1, -0.05) is 60.7 Å². The van der Waals surface area contributed by atoms with E-state index in [1.165, 1.54) is 0 Å². The minimum Gasteiger partial charge on any atom is -0.352 e. The van der Waals surface area contributed by atoms with Crippen LogP contribution in [-0.4, -0.2) is 53.8 Å². The lowest BCUT2D eigenvalue weighted by Crippen LogP contribution is -2.50. The summed E-state index contributed by atoms with van der Waals surface area (Å²) in [6.45, 7) is 4.25. The van der Waals surface area contributed by atoms with Crippen LogP contribution in [0.2, 0.25) is 0 Å². The van der Waals surface area contributed by atoms with Gasteiger partial charge in [-0.3, -0.25) is 9.59 Å². The monoisotopic (exact) mass is 419 g/mol. The minimum absolute atomic E-state index is 0.118. The van der Waals surface area contributed by atoms with Crippen LogP contribution in [0.5, 0.6) is 0 Å². The van der Waals surface area contributed by atoms with Crippen LogP contribution in [0.25, 0.3) is 0 Å². The Labute approximate surface area is 185 Å². The highest BCUT2D eigenvalue weighted by atomic mass is 16.2. The van der Waals surface area contributed by atoms with Gasteiger partial charge in [0.05, 0.1) is 6.42 Å². The van der Waals surface area contributed by atoms with Crippen molar-refractivity contribution in [3.63, 3.8) is 0 Å². The molecule has 2 aromatic carbocycles. The second kappa shape index (κ2) is 10.6. The zero-order chi connectivity index (χ0) is 21.5. The maximum atomic E-state index is 12.6.